The number of carboxylic acid groups (broad SMARTS) is 1. The Morgan fingerprint density at radius 2 is 2.19 bits per heavy atom. The zero-order chi connectivity index (χ0) is 15.2. The molecule has 0 radical (unpaired) electrons. The highest BCUT2D eigenvalue weighted by Gasteiger charge is 2.27. The van der Waals surface area contributed by atoms with Crippen molar-refractivity contribution < 1.29 is 14.7 Å². The number of carboxylic acids is 1. The predicted octanol–water partition coefficient (Wildman–Crippen LogP) is 3.25. The Morgan fingerprint density at radius 1 is 1.38 bits per heavy atom. The Morgan fingerprint density at radius 3 is 2.90 bits per heavy atom. The van der Waals surface area contributed by atoms with Crippen molar-refractivity contribution in [3.8, 4) is 0 Å². The first-order valence-electron chi connectivity index (χ1n) is 7.42. The van der Waals surface area contributed by atoms with Crippen molar-refractivity contribution in [2.24, 2.45) is 0 Å². The zero-order valence-corrected chi connectivity index (χ0v) is 12.3. The first-order chi connectivity index (χ1) is 10.1. The third-order valence-electron chi connectivity index (χ3n) is 3.85. The van der Waals surface area contributed by atoms with Crippen molar-refractivity contribution in [1.29, 1.82) is 0 Å². The van der Waals surface area contributed by atoms with Crippen molar-refractivity contribution in [2.45, 2.75) is 45.1 Å². The number of amides is 2. The van der Waals surface area contributed by atoms with Gasteiger partial charge in [-0.25, -0.2) is 4.79 Å². The van der Waals surface area contributed by atoms with Gasteiger partial charge in [0.25, 0.3) is 0 Å². The van der Waals surface area contributed by atoms with Gasteiger partial charge in [0.1, 0.15) is 0 Å². The van der Waals surface area contributed by atoms with Crippen LogP contribution in [0.15, 0.2) is 24.3 Å². The lowest BCUT2D eigenvalue weighted by molar-refractivity contribution is -0.137. The Balaban J connectivity index is 1.99. The Bertz CT molecular complexity index is 516. The molecule has 1 aromatic rings. The molecule has 2 amide bonds. The summed E-state index contributed by atoms with van der Waals surface area (Å²) in [7, 11) is 0. The number of likely N-dealkylation sites (tertiary alicyclic amines) is 1. The second kappa shape index (κ2) is 7.11. The van der Waals surface area contributed by atoms with E-state index in [0.717, 1.165) is 30.5 Å². The number of nitrogens with one attached hydrogen (secondary N) is 1. The summed E-state index contributed by atoms with van der Waals surface area (Å²) < 4.78 is 0. The smallest absolute Gasteiger partial charge is 0.322 e. The summed E-state index contributed by atoms with van der Waals surface area (Å²) >= 11 is 0. The summed E-state index contributed by atoms with van der Waals surface area (Å²) in [5.41, 5.74) is 1.87. The number of hydrogen-bond acceptors (Lipinski definition) is 2. The molecule has 1 aliphatic rings. The fourth-order valence-corrected chi connectivity index (χ4v) is 2.78. The van der Waals surface area contributed by atoms with Gasteiger partial charge in [0.05, 0.1) is 0 Å². The minimum absolute atomic E-state index is 0.0275. The van der Waals surface area contributed by atoms with Gasteiger partial charge in [0.15, 0.2) is 0 Å². The number of aryl methyl sites for hydroxylation is 1. The summed E-state index contributed by atoms with van der Waals surface area (Å²) in [4.78, 5) is 24.9. The molecule has 5 heteroatoms. The van der Waals surface area contributed by atoms with Crippen LogP contribution < -0.4 is 5.32 Å². The average molecular weight is 290 g/mol. The van der Waals surface area contributed by atoms with Crippen molar-refractivity contribution >= 4 is 17.7 Å². The van der Waals surface area contributed by atoms with Crippen LogP contribution in [0.1, 0.15) is 37.7 Å². The topological polar surface area (TPSA) is 69.6 Å². The maximum atomic E-state index is 12.4. The van der Waals surface area contributed by atoms with E-state index >= 15 is 0 Å². The average Bonchev–Trinajstić information content (AvgIpc) is 2.45. The number of urea groups is 1. The van der Waals surface area contributed by atoms with E-state index in [0.29, 0.717) is 13.0 Å². The number of nitrogens with zero attached hydrogens (tertiary/aromatic N) is 1. The molecule has 1 aromatic carbocycles. The van der Waals surface area contributed by atoms with Crippen molar-refractivity contribution in [3.63, 3.8) is 0 Å². The van der Waals surface area contributed by atoms with E-state index in [2.05, 4.69) is 5.32 Å². The van der Waals surface area contributed by atoms with Crippen molar-refractivity contribution in [2.75, 3.05) is 11.9 Å². The minimum atomic E-state index is -0.806. The van der Waals surface area contributed by atoms with Crippen LogP contribution in [-0.2, 0) is 4.79 Å². The highest BCUT2D eigenvalue weighted by molar-refractivity contribution is 5.89. The fourth-order valence-electron chi connectivity index (χ4n) is 2.78. The molecule has 0 spiro atoms. The number of rotatable bonds is 4. The number of hydrogen-bond donors (Lipinski definition) is 2. The standard InChI is InChI=1S/C16H22N2O3/c1-12-5-4-6-13(11-12)17-16(21)18-10-3-2-7-14(18)8-9-15(19)20/h4-6,11,14H,2-3,7-10H2,1H3,(H,17,21)(H,19,20). The molecule has 0 saturated carbocycles. The Kier molecular flexibility index (Phi) is 5.20. The SMILES string of the molecule is Cc1cccc(NC(=O)N2CCCCC2CCC(=O)O)c1. The van der Waals surface area contributed by atoms with Crippen LogP contribution in [0, 0.1) is 6.92 Å². The van der Waals surface area contributed by atoms with Crippen LogP contribution in [0.25, 0.3) is 0 Å². The monoisotopic (exact) mass is 290 g/mol. The van der Waals surface area contributed by atoms with Gasteiger partial charge >= 0.3 is 12.0 Å². The first-order valence-corrected chi connectivity index (χ1v) is 7.42. The molecule has 5 nitrogen and oxygen atoms in total. The number of carbonyl (C=O) groups excluding carboxylic acids is 1. The highest BCUT2D eigenvalue weighted by atomic mass is 16.4. The third-order valence-corrected chi connectivity index (χ3v) is 3.85. The fraction of sp³-hybridized carbons (Fsp3) is 0.500. The van der Waals surface area contributed by atoms with E-state index in [1.807, 2.05) is 31.2 Å². The Hall–Kier alpha value is -2.04. The van der Waals surface area contributed by atoms with E-state index in [1.165, 1.54) is 0 Å². The zero-order valence-electron chi connectivity index (χ0n) is 12.3. The normalized spacial score (nSPS) is 18.3. The molecule has 114 valence electrons. The van der Waals surface area contributed by atoms with Crippen molar-refractivity contribution in [3.05, 3.63) is 29.8 Å². The van der Waals surface area contributed by atoms with Crippen LogP contribution in [0.4, 0.5) is 10.5 Å². The van der Waals surface area contributed by atoms with Crippen LogP contribution >= 0.6 is 0 Å². The number of piperidine rings is 1. The summed E-state index contributed by atoms with van der Waals surface area (Å²) in [6.45, 7) is 2.67. The minimum Gasteiger partial charge on any atom is -0.481 e. The molecule has 1 heterocycles. The van der Waals surface area contributed by atoms with Gasteiger partial charge in [-0.1, -0.05) is 12.1 Å². The van der Waals surface area contributed by atoms with Gasteiger partial charge < -0.3 is 15.3 Å². The predicted molar refractivity (Wildman–Crippen MR) is 81.4 cm³/mol. The summed E-state index contributed by atoms with van der Waals surface area (Å²) in [5.74, 6) is -0.806. The maximum absolute atomic E-state index is 12.4. The molecule has 2 rings (SSSR count). The number of aliphatic carboxylic acids is 1. The van der Waals surface area contributed by atoms with Crippen LogP contribution in [-0.4, -0.2) is 34.6 Å². The van der Waals surface area contributed by atoms with Crippen LogP contribution in [0.2, 0.25) is 0 Å². The maximum Gasteiger partial charge on any atom is 0.322 e. The Labute approximate surface area is 125 Å². The number of carbonyl (C=O) groups is 2. The summed E-state index contributed by atoms with van der Waals surface area (Å²) in [6.07, 6.45) is 3.55. The molecule has 1 fully saturated rings. The summed E-state index contributed by atoms with van der Waals surface area (Å²) in [5, 5.41) is 11.7. The lowest BCUT2D eigenvalue weighted by Gasteiger charge is -2.35. The molecule has 1 saturated heterocycles. The molecule has 1 unspecified atom stereocenters. The molecule has 2 N–H and O–H groups in total. The third kappa shape index (κ3) is 4.48. The second-order valence-electron chi connectivity index (χ2n) is 5.58. The van der Waals surface area contributed by atoms with Gasteiger partial charge in [-0.3, -0.25) is 4.79 Å². The quantitative estimate of drug-likeness (QED) is 0.894. The molecule has 0 aliphatic carbocycles. The van der Waals surface area contributed by atoms with E-state index in [1.54, 1.807) is 4.90 Å². The molecule has 21 heavy (non-hydrogen) atoms. The van der Waals surface area contributed by atoms with Gasteiger partial charge in [-0.05, 0) is 50.3 Å². The molecule has 0 bridgehead atoms. The summed E-state index contributed by atoms with van der Waals surface area (Å²) in [6, 6.07) is 7.57. The number of benzene rings is 1. The second-order valence-corrected chi connectivity index (χ2v) is 5.58. The molecule has 1 aliphatic heterocycles. The van der Waals surface area contributed by atoms with E-state index in [4.69, 9.17) is 5.11 Å². The van der Waals surface area contributed by atoms with E-state index in [9.17, 15) is 9.59 Å². The highest BCUT2D eigenvalue weighted by Crippen LogP contribution is 2.22. The van der Waals surface area contributed by atoms with Gasteiger partial charge in [-0.15, -0.1) is 0 Å². The van der Waals surface area contributed by atoms with Crippen LogP contribution in [0.5, 0.6) is 0 Å². The van der Waals surface area contributed by atoms with Gasteiger partial charge in [0, 0.05) is 24.7 Å². The largest absolute Gasteiger partial charge is 0.481 e. The lowest BCUT2D eigenvalue weighted by Crippen LogP contribution is -2.46. The lowest BCUT2D eigenvalue weighted by atomic mass is 9.98. The van der Waals surface area contributed by atoms with E-state index in [-0.39, 0.29) is 18.5 Å². The molecular formula is C16H22N2O3. The molecule has 1 atom stereocenters. The van der Waals surface area contributed by atoms with E-state index < -0.39 is 5.97 Å². The van der Waals surface area contributed by atoms with Gasteiger partial charge in [0.2, 0.25) is 0 Å². The van der Waals surface area contributed by atoms with Crippen molar-refractivity contribution in [1.82, 2.24) is 4.90 Å². The molecular weight excluding hydrogens is 268 g/mol. The number of anilines is 1. The van der Waals surface area contributed by atoms with Crippen LogP contribution in [0.3, 0.4) is 0 Å². The molecule has 0 aromatic heterocycles. The van der Waals surface area contributed by atoms with Gasteiger partial charge in [-0.2, -0.15) is 0 Å². The first kappa shape index (κ1) is 15.4.